The van der Waals surface area contributed by atoms with Gasteiger partial charge in [-0.1, -0.05) is 6.07 Å². The van der Waals surface area contributed by atoms with Gasteiger partial charge < -0.3 is 15.5 Å². The molecule has 0 spiro atoms. The average Bonchev–Trinajstić information content (AvgIpc) is 2.19. The fraction of sp³-hybridized carbons (Fsp3) is 0.417. The van der Waals surface area contributed by atoms with Crippen molar-refractivity contribution < 1.29 is 28.2 Å². The van der Waals surface area contributed by atoms with E-state index in [9.17, 15) is 23.1 Å². The number of phenols is 1. The Morgan fingerprint density at radius 3 is 2.42 bits per heavy atom. The molecule has 106 valence electrons. The van der Waals surface area contributed by atoms with Gasteiger partial charge in [0, 0.05) is 0 Å². The second-order valence-corrected chi connectivity index (χ2v) is 4.52. The number of hydrogen-bond donors (Lipinski definition) is 3. The molecule has 19 heavy (non-hydrogen) atoms. The average molecular weight is 277 g/mol. The standard InChI is InChI=1S/C12H14F3NO3/c1-7-3-4-8(9(17)5-7)16-10(18)6-11(2,19)12(13,14)15/h3-5,17,19H,6H2,1-2H3,(H,16,18)/t11-/m0/s1. The summed E-state index contributed by atoms with van der Waals surface area (Å²) in [7, 11) is 0. The lowest BCUT2D eigenvalue weighted by Crippen LogP contribution is -2.44. The molecule has 1 rings (SSSR count). The molecule has 0 bridgehead atoms. The van der Waals surface area contributed by atoms with Gasteiger partial charge in [0.05, 0.1) is 12.1 Å². The summed E-state index contributed by atoms with van der Waals surface area (Å²) in [6, 6.07) is 4.31. The van der Waals surface area contributed by atoms with Gasteiger partial charge in [0.1, 0.15) is 5.75 Å². The van der Waals surface area contributed by atoms with Crippen molar-refractivity contribution in [1.82, 2.24) is 0 Å². The second kappa shape index (κ2) is 5.08. The van der Waals surface area contributed by atoms with E-state index in [4.69, 9.17) is 5.11 Å². The molecule has 0 aromatic heterocycles. The topological polar surface area (TPSA) is 69.6 Å². The first-order valence-electron chi connectivity index (χ1n) is 5.41. The Kier molecular flexibility index (Phi) is 4.09. The number of aliphatic hydroxyl groups is 1. The largest absolute Gasteiger partial charge is 0.506 e. The summed E-state index contributed by atoms with van der Waals surface area (Å²) in [6.07, 6.45) is -6.05. The lowest BCUT2D eigenvalue weighted by molar-refractivity contribution is -0.252. The number of anilines is 1. The molecule has 1 aromatic carbocycles. The minimum Gasteiger partial charge on any atom is -0.506 e. The van der Waals surface area contributed by atoms with E-state index in [1.807, 2.05) is 0 Å². The van der Waals surface area contributed by atoms with E-state index in [2.05, 4.69) is 5.32 Å². The maximum Gasteiger partial charge on any atom is 0.417 e. The van der Waals surface area contributed by atoms with Gasteiger partial charge in [-0.3, -0.25) is 4.79 Å². The number of benzene rings is 1. The zero-order valence-corrected chi connectivity index (χ0v) is 10.4. The normalized spacial score (nSPS) is 14.8. The van der Waals surface area contributed by atoms with Crippen LogP contribution in [0.1, 0.15) is 18.9 Å². The Bertz CT molecular complexity index is 484. The smallest absolute Gasteiger partial charge is 0.417 e. The van der Waals surface area contributed by atoms with Crippen molar-refractivity contribution in [3.05, 3.63) is 23.8 Å². The minimum atomic E-state index is -4.90. The maximum absolute atomic E-state index is 12.4. The van der Waals surface area contributed by atoms with Gasteiger partial charge in [-0.2, -0.15) is 13.2 Å². The molecule has 1 atom stereocenters. The van der Waals surface area contributed by atoms with Crippen molar-refractivity contribution in [3.63, 3.8) is 0 Å². The third kappa shape index (κ3) is 3.85. The van der Waals surface area contributed by atoms with Crippen LogP contribution in [0, 0.1) is 6.92 Å². The van der Waals surface area contributed by atoms with Crippen LogP contribution < -0.4 is 5.32 Å². The highest BCUT2D eigenvalue weighted by Gasteiger charge is 2.51. The van der Waals surface area contributed by atoms with Crippen molar-refractivity contribution >= 4 is 11.6 Å². The van der Waals surface area contributed by atoms with Crippen LogP contribution in [0.25, 0.3) is 0 Å². The van der Waals surface area contributed by atoms with Crippen LogP contribution in [0.4, 0.5) is 18.9 Å². The Balaban J connectivity index is 2.76. The molecule has 3 N–H and O–H groups in total. The van der Waals surface area contributed by atoms with E-state index < -0.39 is 24.1 Å². The molecule has 0 aliphatic rings. The first kappa shape index (κ1) is 15.3. The Morgan fingerprint density at radius 1 is 1.37 bits per heavy atom. The molecule has 1 aromatic rings. The number of carbonyl (C=O) groups is 1. The van der Waals surface area contributed by atoms with E-state index in [0.29, 0.717) is 6.92 Å². The van der Waals surface area contributed by atoms with E-state index in [-0.39, 0.29) is 11.4 Å². The van der Waals surface area contributed by atoms with Gasteiger partial charge >= 0.3 is 6.18 Å². The van der Waals surface area contributed by atoms with Gasteiger partial charge in [0.25, 0.3) is 0 Å². The first-order chi connectivity index (χ1) is 8.53. The number of nitrogens with one attached hydrogen (secondary N) is 1. The fourth-order valence-corrected chi connectivity index (χ4v) is 1.35. The first-order valence-corrected chi connectivity index (χ1v) is 5.41. The van der Waals surface area contributed by atoms with Crippen molar-refractivity contribution in [2.75, 3.05) is 5.32 Å². The molecule has 0 saturated heterocycles. The lowest BCUT2D eigenvalue weighted by atomic mass is 10.0. The van der Waals surface area contributed by atoms with Gasteiger partial charge in [0.2, 0.25) is 5.91 Å². The highest BCUT2D eigenvalue weighted by atomic mass is 19.4. The highest BCUT2D eigenvalue weighted by molar-refractivity contribution is 5.92. The summed E-state index contributed by atoms with van der Waals surface area (Å²) in [5.41, 5.74) is -2.39. The molecule has 0 heterocycles. The third-order valence-electron chi connectivity index (χ3n) is 2.54. The van der Waals surface area contributed by atoms with Crippen molar-refractivity contribution in [3.8, 4) is 5.75 Å². The van der Waals surface area contributed by atoms with Crippen LogP contribution in [-0.2, 0) is 4.79 Å². The van der Waals surface area contributed by atoms with Crippen molar-refractivity contribution in [1.29, 1.82) is 0 Å². The Hall–Kier alpha value is -1.76. The molecule has 0 fully saturated rings. The molecular weight excluding hydrogens is 263 g/mol. The number of hydrogen-bond acceptors (Lipinski definition) is 3. The number of amides is 1. The fourth-order valence-electron chi connectivity index (χ4n) is 1.35. The predicted molar refractivity (Wildman–Crippen MR) is 62.8 cm³/mol. The molecule has 0 unspecified atom stereocenters. The van der Waals surface area contributed by atoms with Crippen LogP contribution in [0.5, 0.6) is 5.75 Å². The van der Waals surface area contributed by atoms with Gasteiger partial charge in [-0.25, -0.2) is 0 Å². The highest BCUT2D eigenvalue weighted by Crippen LogP contribution is 2.33. The van der Waals surface area contributed by atoms with Gasteiger partial charge in [-0.05, 0) is 31.5 Å². The summed E-state index contributed by atoms with van der Waals surface area (Å²) in [5.74, 6) is -1.29. The molecule has 0 saturated carbocycles. The minimum absolute atomic E-state index is 0.00595. The quantitative estimate of drug-likeness (QED) is 0.743. The molecule has 0 aliphatic carbocycles. The lowest BCUT2D eigenvalue weighted by Gasteiger charge is -2.25. The summed E-state index contributed by atoms with van der Waals surface area (Å²) in [5, 5.41) is 20.8. The molecule has 7 heteroatoms. The van der Waals surface area contributed by atoms with Gasteiger partial charge in [0.15, 0.2) is 5.60 Å². The van der Waals surface area contributed by atoms with Crippen molar-refractivity contribution in [2.45, 2.75) is 32.0 Å². The molecule has 1 amide bonds. The van der Waals surface area contributed by atoms with Crippen LogP contribution in [-0.4, -0.2) is 27.9 Å². The number of aromatic hydroxyl groups is 1. The van der Waals surface area contributed by atoms with Crippen LogP contribution in [0.2, 0.25) is 0 Å². The number of phenolic OH excluding ortho intramolecular Hbond substituents is 1. The van der Waals surface area contributed by atoms with E-state index in [0.717, 1.165) is 5.56 Å². The number of halogens is 3. The number of carbonyl (C=O) groups excluding carboxylic acids is 1. The van der Waals surface area contributed by atoms with E-state index >= 15 is 0 Å². The number of rotatable bonds is 3. The molecule has 0 radical (unpaired) electrons. The Morgan fingerprint density at radius 2 is 1.95 bits per heavy atom. The van der Waals surface area contributed by atoms with Gasteiger partial charge in [-0.15, -0.1) is 0 Å². The monoisotopic (exact) mass is 277 g/mol. The van der Waals surface area contributed by atoms with Crippen LogP contribution in [0.3, 0.4) is 0 Å². The number of alkyl halides is 3. The van der Waals surface area contributed by atoms with E-state index in [1.165, 1.54) is 12.1 Å². The zero-order chi connectivity index (χ0) is 14.8. The summed E-state index contributed by atoms with van der Waals surface area (Å²) >= 11 is 0. The Labute approximate surface area is 107 Å². The summed E-state index contributed by atoms with van der Waals surface area (Å²) in [6.45, 7) is 2.22. The third-order valence-corrected chi connectivity index (χ3v) is 2.54. The molecule has 4 nitrogen and oxygen atoms in total. The maximum atomic E-state index is 12.4. The predicted octanol–water partition coefficient (Wildman–Crippen LogP) is 2.34. The molecule has 0 aliphatic heterocycles. The second-order valence-electron chi connectivity index (χ2n) is 4.52. The summed E-state index contributed by atoms with van der Waals surface area (Å²) in [4.78, 5) is 11.4. The van der Waals surface area contributed by atoms with Crippen molar-refractivity contribution in [2.24, 2.45) is 0 Å². The zero-order valence-electron chi connectivity index (χ0n) is 10.4. The SMILES string of the molecule is Cc1ccc(NC(=O)C[C@](C)(O)C(F)(F)F)c(O)c1. The number of aryl methyl sites for hydroxylation is 1. The van der Waals surface area contributed by atoms with Crippen LogP contribution in [0.15, 0.2) is 18.2 Å². The van der Waals surface area contributed by atoms with E-state index in [1.54, 1.807) is 13.0 Å². The summed E-state index contributed by atoms with van der Waals surface area (Å²) < 4.78 is 37.2. The molecular formula is C12H14F3NO3. The van der Waals surface area contributed by atoms with Crippen LogP contribution >= 0.6 is 0 Å².